The van der Waals surface area contributed by atoms with Crippen LogP contribution in [0.2, 0.25) is 0 Å². The van der Waals surface area contributed by atoms with Crippen LogP contribution in [0.3, 0.4) is 0 Å². The number of hydrogen-bond acceptors (Lipinski definition) is 2. The van der Waals surface area contributed by atoms with Crippen LogP contribution < -0.4 is 5.32 Å². The first kappa shape index (κ1) is 18.6. The Hall–Kier alpha value is -2.73. The number of thiocarbonyl (C=S) groups is 1. The van der Waals surface area contributed by atoms with Gasteiger partial charge in [0.05, 0.1) is 17.8 Å². The van der Waals surface area contributed by atoms with Crippen molar-refractivity contribution in [1.29, 1.82) is 0 Å². The highest BCUT2D eigenvalue weighted by Gasteiger charge is 2.40. The Morgan fingerprint density at radius 2 is 1.96 bits per heavy atom. The molecule has 1 aliphatic rings. The maximum Gasteiger partial charge on any atom is 0.170 e. The SMILES string of the molecule is CCN1C(=S)N[C@H](c2ccccn2)[C@H]1c1cc(C)n(-c2cccc(F)c2)c1C. The molecule has 0 bridgehead atoms. The van der Waals surface area contributed by atoms with Crippen LogP contribution in [0.15, 0.2) is 54.7 Å². The molecule has 4 rings (SSSR count). The van der Waals surface area contributed by atoms with Gasteiger partial charge in [-0.2, -0.15) is 0 Å². The number of nitrogens with one attached hydrogen (secondary N) is 1. The fourth-order valence-corrected chi connectivity index (χ4v) is 4.55. The van der Waals surface area contributed by atoms with Crippen molar-refractivity contribution in [1.82, 2.24) is 19.8 Å². The molecule has 3 aromatic rings. The van der Waals surface area contributed by atoms with Gasteiger partial charge in [0.15, 0.2) is 5.11 Å². The topological polar surface area (TPSA) is 33.1 Å². The van der Waals surface area contributed by atoms with E-state index in [0.717, 1.165) is 34.4 Å². The van der Waals surface area contributed by atoms with Gasteiger partial charge in [0, 0.05) is 29.8 Å². The van der Waals surface area contributed by atoms with E-state index in [2.05, 4.69) is 39.7 Å². The van der Waals surface area contributed by atoms with Crippen molar-refractivity contribution in [2.24, 2.45) is 0 Å². The van der Waals surface area contributed by atoms with Crippen LogP contribution in [-0.4, -0.2) is 26.1 Å². The lowest BCUT2D eigenvalue weighted by molar-refractivity contribution is 0.329. The lowest BCUT2D eigenvalue weighted by Gasteiger charge is -2.27. The predicted molar refractivity (Wildman–Crippen MR) is 113 cm³/mol. The number of rotatable bonds is 4. The molecule has 0 unspecified atom stereocenters. The Morgan fingerprint density at radius 3 is 2.64 bits per heavy atom. The Bertz CT molecular complexity index is 1010. The number of hydrogen-bond donors (Lipinski definition) is 1. The number of aromatic nitrogens is 2. The van der Waals surface area contributed by atoms with E-state index >= 15 is 0 Å². The second-order valence-corrected chi connectivity index (χ2v) is 7.44. The molecule has 6 heteroatoms. The quantitative estimate of drug-likeness (QED) is 0.655. The van der Waals surface area contributed by atoms with Gasteiger partial charge >= 0.3 is 0 Å². The van der Waals surface area contributed by atoms with Crippen molar-refractivity contribution in [3.8, 4) is 5.69 Å². The number of likely N-dealkylation sites (N-methyl/N-ethyl adjacent to an activating group) is 1. The maximum atomic E-state index is 13.8. The van der Waals surface area contributed by atoms with Gasteiger partial charge < -0.3 is 14.8 Å². The van der Waals surface area contributed by atoms with Crippen molar-refractivity contribution >= 4 is 17.3 Å². The third kappa shape index (κ3) is 3.07. The summed E-state index contributed by atoms with van der Waals surface area (Å²) in [6.45, 7) is 7.03. The molecule has 0 radical (unpaired) electrons. The van der Waals surface area contributed by atoms with Gasteiger partial charge in [0.2, 0.25) is 0 Å². The zero-order valence-electron chi connectivity index (χ0n) is 16.2. The van der Waals surface area contributed by atoms with Crippen molar-refractivity contribution < 1.29 is 4.39 Å². The van der Waals surface area contributed by atoms with Gasteiger partial charge in [-0.05, 0) is 75.0 Å². The van der Waals surface area contributed by atoms with E-state index in [4.69, 9.17) is 12.2 Å². The molecule has 0 aliphatic carbocycles. The molecule has 2 aromatic heterocycles. The summed E-state index contributed by atoms with van der Waals surface area (Å²) < 4.78 is 15.9. The van der Waals surface area contributed by atoms with Gasteiger partial charge in [-0.25, -0.2) is 4.39 Å². The molecule has 1 saturated heterocycles. The smallest absolute Gasteiger partial charge is 0.170 e. The number of aryl methyl sites for hydroxylation is 1. The van der Waals surface area contributed by atoms with Crippen molar-refractivity contribution in [3.05, 3.63) is 83.2 Å². The first-order chi connectivity index (χ1) is 13.5. The van der Waals surface area contributed by atoms with Crippen LogP contribution in [-0.2, 0) is 0 Å². The minimum atomic E-state index is -0.239. The highest BCUT2D eigenvalue weighted by molar-refractivity contribution is 7.80. The lowest BCUT2D eigenvalue weighted by Crippen LogP contribution is -2.29. The second-order valence-electron chi connectivity index (χ2n) is 7.05. The van der Waals surface area contributed by atoms with Crippen LogP contribution in [0.1, 0.15) is 41.7 Å². The van der Waals surface area contributed by atoms with E-state index in [1.807, 2.05) is 37.4 Å². The molecule has 28 heavy (non-hydrogen) atoms. The van der Waals surface area contributed by atoms with E-state index < -0.39 is 0 Å². The molecule has 4 nitrogen and oxygen atoms in total. The van der Waals surface area contributed by atoms with E-state index in [0.29, 0.717) is 0 Å². The normalized spacial score (nSPS) is 19.1. The minimum Gasteiger partial charge on any atom is -0.352 e. The second kappa shape index (κ2) is 7.36. The van der Waals surface area contributed by atoms with Gasteiger partial charge in [0.1, 0.15) is 5.82 Å². The Kier molecular flexibility index (Phi) is 4.89. The lowest BCUT2D eigenvalue weighted by atomic mass is 9.97. The zero-order chi connectivity index (χ0) is 19.8. The van der Waals surface area contributed by atoms with Crippen LogP contribution in [0.5, 0.6) is 0 Å². The summed E-state index contributed by atoms with van der Waals surface area (Å²) in [7, 11) is 0. The predicted octanol–water partition coefficient (Wildman–Crippen LogP) is 4.62. The van der Waals surface area contributed by atoms with E-state index in [1.54, 1.807) is 12.1 Å². The summed E-state index contributed by atoms with van der Waals surface area (Å²) in [4.78, 5) is 6.76. The van der Waals surface area contributed by atoms with E-state index in [-0.39, 0.29) is 17.9 Å². The average Bonchev–Trinajstić information content (AvgIpc) is 3.17. The average molecular weight is 395 g/mol. The largest absolute Gasteiger partial charge is 0.352 e. The van der Waals surface area contributed by atoms with Crippen molar-refractivity contribution in [2.75, 3.05) is 6.54 Å². The standard InChI is InChI=1S/C22H23FN4S/c1-4-26-21(20(25-22(26)28)19-10-5-6-11-24-19)18-12-14(2)27(15(18)3)17-9-7-8-16(23)13-17/h5-13,20-21H,4H2,1-3H3,(H,25,28)/t20-,21-/m1/s1. The molecule has 3 heterocycles. The summed E-state index contributed by atoms with van der Waals surface area (Å²) in [6.07, 6.45) is 1.81. The molecule has 0 spiro atoms. The Morgan fingerprint density at radius 1 is 1.14 bits per heavy atom. The van der Waals surface area contributed by atoms with E-state index in [9.17, 15) is 4.39 Å². The summed E-state index contributed by atoms with van der Waals surface area (Å²) in [5.41, 5.74) is 5.10. The number of pyridine rings is 1. The number of nitrogens with zero attached hydrogens (tertiary/aromatic N) is 3. The van der Waals surface area contributed by atoms with Crippen LogP contribution in [0.4, 0.5) is 4.39 Å². The van der Waals surface area contributed by atoms with Crippen LogP contribution in [0, 0.1) is 19.7 Å². The third-order valence-corrected chi connectivity index (χ3v) is 5.75. The van der Waals surface area contributed by atoms with Crippen molar-refractivity contribution in [3.63, 3.8) is 0 Å². The minimum absolute atomic E-state index is 0.0286. The monoisotopic (exact) mass is 394 g/mol. The highest BCUT2D eigenvalue weighted by atomic mass is 32.1. The first-order valence-corrected chi connectivity index (χ1v) is 9.85. The molecule has 1 aromatic carbocycles. The molecule has 2 atom stereocenters. The van der Waals surface area contributed by atoms with Crippen LogP contribution in [0.25, 0.3) is 5.69 Å². The van der Waals surface area contributed by atoms with Gasteiger partial charge in [-0.15, -0.1) is 0 Å². The van der Waals surface area contributed by atoms with Crippen LogP contribution >= 0.6 is 12.2 Å². The van der Waals surface area contributed by atoms with E-state index in [1.165, 1.54) is 11.6 Å². The zero-order valence-corrected chi connectivity index (χ0v) is 17.0. The molecule has 1 N–H and O–H groups in total. The summed E-state index contributed by atoms with van der Waals surface area (Å²) in [6, 6.07) is 14.8. The third-order valence-electron chi connectivity index (χ3n) is 5.39. The molecule has 1 fully saturated rings. The maximum absolute atomic E-state index is 13.8. The molecule has 0 amide bonds. The Labute approximate surface area is 170 Å². The number of halogens is 1. The molecular weight excluding hydrogens is 371 g/mol. The Balaban J connectivity index is 1.84. The van der Waals surface area contributed by atoms with Gasteiger partial charge in [-0.1, -0.05) is 12.1 Å². The molecular formula is C22H23FN4S. The van der Waals surface area contributed by atoms with Crippen molar-refractivity contribution in [2.45, 2.75) is 32.9 Å². The first-order valence-electron chi connectivity index (χ1n) is 9.44. The number of benzene rings is 1. The summed E-state index contributed by atoms with van der Waals surface area (Å²) in [5, 5.41) is 4.19. The molecule has 144 valence electrons. The summed E-state index contributed by atoms with van der Waals surface area (Å²) >= 11 is 5.62. The summed E-state index contributed by atoms with van der Waals surface area (Å²) in [5.74, 6) is -0.239. The fraction of sp³-hybridized carbons (Fsp3) is 0.273. The molecule has 1 aliphatic heterocycles. The van der Waals surface area contributed by atoms with Gasteiger partial charge in [0.25, 0.3) is 0 Å². The molecule has 0 saturated carbocycles. The highest BCUT2D eigenvalue weighted by Crippen LogP contribution is 2.41. The van der Waals surface area contributed by atoms with Gasteiger partial charge in [-0.3, -0.25) is 4.98 Å². The fourth-order valence-electron chi connectivity index (χ4n) is 4.18.